The third kappa shape index (κ3) is 4.92. The van der Waals surface area contributed by atoms with Crippen molar-refractivity contribution in [3.63, 3.8) is 0 Å². The lowest BCUT2D eigenvalue weighted by Crippen LogP contribution is -2.33. The van der Waals surface area contributed by atoms with Crippen LogP contribution in [0.15, 0.2) is 67.0 Å². The maximum atomic E-state index is 12.9. The molecule has 34 heavy (non-hydrogen) atoms. The van der Waals surface area contributed by atoms with Gasteiger partial charge in [-0.25, -0.2) is 0 Å². The molecule has 1 atom stereocenters. The minimum absolute atomic E-state index is 0.178. The van der Waals surface area contributed by atoms with Crippen molar-refractivity contribution in [2.75, 3.05) is 23.9 Å². The fourth-order valence-electron chi connectivity index (χ4n) is 4.70. The Hall–Kier alpha value is -2.61. The molecule has 2 aromatic carbocycles. The normalized spacial score (nSPS) is 19.6. The Bertz CT molecular complexity index is 1240. The first-order valence-electron chi connectivity index (χ1n) is 11.7. The molecule has 2 aliphatic rings. The minimum Gasteiger partial charge on any atom is -0.490 e. The number of aryl methyl sites for hydroxylation is 1. The maximum absolute atomic E-state index is 12.9. The molecule has 0 amide bonds. The standard InChI is InChI=1S/C26H28ClN3O3S/c27-23-8-4-20(5-9-23)21-7-11-26-22(19-21)6-10-25(33-26)3-1-2-16-29-17-18-30(34(29,31)32)24-12-14-28-15-13-24/h4-5,7-9,11-15,19,25H,1-3,6,10,16-18H2. The summed E-state index contributed by atoms with van der Waals surface area (Å²) in [4.78, 5) is 3.97. The number of aromatic nitrogens is 1. The third-order valence-electron chi connectivity index (χ3n) is 6.56. The predicted molar refractivity (Wildman–Crippen MR) is 136 cm³/mol. The molecule has 6 nitrogen and oxygen atoms in total. The highest BCUT2D eigenvalue weighted by Gasteiger charge is 2.36. The van der Waals surface area contributed by atoms with Crippen LogP contribution in [0.5, 0.6) is 5.75 Å². The van der Waals surface area contributed by atoms with Gasteiger partial charge in [0.15, 0.2) is 0 Å². The number of anilines is 1. The Labute approximate surface area is 206 Å². The molecule has 3 heterocycles. The molecule has 1 fully saturated rings. The first kappa shape index (κ1) is 23.1. The summed E-state index contributed by atoms with van der Waals surface area (Å²) in [6, 6.07) is 17.7. The number of halogens is 1. The molecule has 5 rings (SSSR count). The van der Waals surface area contributed by atoms with E-state index in [-0.39, 0.29) is 6.10 Å². The number of unbranched alkanes of at least 4 members (excludes halogenated alkanes) is 1. The largest absolute Gasteiger partial charge is 0.490 e. The maximum Gasteiger partial charge on any atom is 0.304 e. The number of nitrogens with zero attached hydrogens (tertiary/aromatic N) is 3. The molecule has 0 bridgehead atoms. The molecule has 2 aliphatic heterocycles. The number of pyridine rings is 1. The molecular formula is C26H28ClN3O3S. The van der Waals surface area contributed by atoms with Gasteiger partial charge in [-0.3, -0.25) is 9.29 Å². The number of hydrogen-bond acceptors (Lipinski definition) is 4. The van der Waals surface area contributed by atoms with Crippen LogP contribution in [0.25, 0.3) is 11.1 Å². The highest BCUT2D eigenvalue weighted by molar-refractivity contribution is 7.90. The topological polar surface area (TPSA) is 62.7 Å². The SMILES string of the molecule is O=S1(=O)N(CCCCC2CCc3cc(-c4ccc(Cl)cc4)ccc3O2)CCN1c1ccncc1. The zero-order chi connectivity index (χ0) is 23.5. The van der Waals surface area contributed by atoms with Gasteiger partial charge in [-0.05, 0) is 85.2 Å². The van der Waals surface area contributed by atoms with Crippen molar-refractivity contribution in [3.8, 4) is 16.9 Å². The van der Waals surface area contributed by atoms with Crippen molar-refractivity contribution < 1.29 is 13.2 Å². The second-order valence-corrected chi connectivity index (χ2v) is 11.1. The van der Waals surface area contributed by atoms with Crippen LogP contribution in [-0.2, 0) is 16.6 Å². The smallest absolute Gasteiger partial charge is 0.304 e. The highest BCUT2D eigenvalue weighted by atomic mass is 35.5. The van der Waals surface area contributed by atoms with E-state index in [4.69, 9.17) is 16.3 Å². The molecule has 1 unspecified atom stereocenters. The molecule has 8 heteroatoms. The summed E-state index contributed by atoms with van der Waals surface area (Å²) in [6.45, 7) is 1.54. The van der Waals surface area contributed by atoms with Crippen molar-refractivity contribution in [1.29, 1.82) is 0 Å². The summed E-state index contributed by atoms with van der Waals surface area (Å²) in [7, 11) is -3.46. The van der Waals surface area contributed by atoms with Crippen molar-refractivity contribution in [3.05, 3.63) is 77.6 Å². The summed E-state index contributed by atoms with van der Waals surface area (Å²) in [6.07, 6.45) is 8.08. The van der Waals surface area contributed by atoms with Crippen molar-refractivity contribution >= 4 is 27.5 Å². The monoisotopic (exact) mass is 497 g/mol. The summed E-state index contributed by atoms with van der Waals surface area (Å²) < 4.78 is 35.1. The molecule has 1 aromatic heterocycles. The van der Waals surface area contributed by atoms with E-state index in [9.17, 15) is 8.42 Å². The molecular weight excluding hydrogens is 470 g/mol. The Morgan fingerprint density at radius 1 is 0.971 bits per heavy atom. The molecule has 0 aliphatic carbocycles. The number of hydrogen-bond donors (Lipinski definition) is 0. The van der Waals surface area contributed by atoms with Gasteiger partial charge >= 0.3 is 10.2 Å². The number of rotatable bonds is 7. The average Bonchev–Trinajstić information content (AvgIpc) is 3.16. The van der Waals surface area contributed by atoms with Crippen LogP contribution in [-0.4, -0.2) is 43.4 Å². The highest BCUT2D eigenvalue weighted by Crippen LogP contribution is 2.33. The van der Waals surface area contributed by atoms with Crippen LogP contribution >= 0.6 is 11.6 Å². The number of ether oxygens (including phenoxy) is 1. The van der Waals surface area contributed by atoms with E-state index in [0.717, 1.165) is 48.4 Å². The zero-order valence-electron chi connectivity index (χ0n) is 18.9. The van der Waals surface area contributed by atoms with Crippen LogP contribution in [0.3, 0.4) is 0 Å². The van der Waals surface area contributed by atoms with Gasteiger partial charge in [0, 0.05) is 37.1 Å². The van der Waals surface area contributed by atoms with E-state index < -0.39 is 10.2 Å². The Balaban J connectivity index is 1.11. The Kier molecular flexibility index (Phi) is 6.77. The van der Waals surface area contributed by atoms with Gasteiger partial charge in [-0.1, -0.05) is 29.8 Å². The van der Waals surface area contributed by atoms with Crippen LogP contribution in [0.2, 0.25) is 5.02 Å². The second kappa shape index (κ2) is 9.94. The predicted octanol–water partition coefficient (Wildman–Crippen LogP) is 5.33. The van der Waals surface area contributed by atoms with Gasteiger partial charge in [0.1, 0.15) is 5.75 Å². The number of fused-ring (bicyclic) bond motifs is 1. The summed E-state index contributed by atoms with van der Waals surface area (Å²) in [5.41, 5.74) is 4.23. The first-order valence-corrected chi connectivity index (χ1v) is 13.5. The zero-order valence-corrected chi connectivity index (χ0v) is 20.5. The second-order valence-electron chi connectivity index (χ2n) is 8.79. The molecule has 0 spiro atoms. The van der Waals surface area contributed by atoms with Gasteiger partial charge in [-0.2, -0.15) is 12.7 Å². The van der Waals surface area contributed by atoms with E-state index in [1.807, 2.05) is 24.3 Å². The van der Waals surface area contributed by atoms with Gasteiger partial charge in [0.05, 0.1) is 11.8 Å². The quantitative estimate of drug-likeness (QED) is 0.414. The van der Waals surface area contributed by atoms with Crippen LogP contribution in [0, 0.1) is 0 Å². The minimum atomic E-state index is -3.46. The Morgan fingerprint density at radius 3 is 2.53 bits per heavy atom. The van der Waals surface area contributed by atoms with E-state index in [1.54, 1.807) is 28.8 Å². The lowest BCUT2D eigenvalue weighted by Gasteiger charge is -2.27. The first-order chi connectivity index (χ1) is 16.5. The van der Waals surface area contributed by atoms with E-state index in [0.29, 0.717) is 25.3 Å². The molecule has 0 saturated carbocycles. The average molecular weight is 498 g/mol. The van der Waals surface area contributed by atoms with Gasteiger partial charge < -0.3 is 4.74 Å². The molecule has 0 radical (unpaired) electrons. The van der Waals surface area contributed by atoms with Crippen molar-refractivity contribution in [1.82, 2.24) is 9.29 Å². The van der Waals surface area contributed by atoms with Crippen LogP contribution in [0.1, 0.15) is 31.2 Å². The summed E-state index contributed by atoms with van der Waals surface area (Å²) in [5, 5.41) is 0.737. The molecule has 0 N–H and O–H groups in total. The summed E-state index contributed by atoms with van der Waals surface area (Å²) in [5.74, 6) is 0.962. The molecule has 178 valence electrons. The van der Waals surface area contributed by atoms with Gasteiger partial charge in [0.25, 0.3) is 0 Å². The van der Waals surface area contributed by atoms with E-state index in [2.05, 4.69) is 23.2 Å². The van der Waals surface area contributed by atoms with E-state index >= 15 is 0 Å². The van der Waals surface area contributed by atoms with E-state index in [1.165, 1.54) is 15.4 Å². The Morgan fingerprint density at radius 2 is 1.74 bits per heavy atom. The van der Waals surface area contributed by atoms with Gasteiger partial charge in [0.2, 0.25) is 0 Å². The summed E-state index contributed by atoms with van der Waals surface area (Å²) >= 11 is 6.01. The lowest BCUT2D eigenvalue weighted by atomic mass is 9.95. The van der Waals surface area contributed by atoms with Crippen LogP contribution < -0.4 is 9.04 Å². The van der Waals surface area contributed by atoms with Gasteiger partial charge in [-0.15, -0.1) is 0 Å². The fraction of sp³-hybridized carbons (Fsp3) is 0.346. The molecule has 1 saturated heterocycles. The lowest BCUT2D eigenvalue weighted by molar-refractivity contribution is 0.160. The van der Waals surface area contributed by atoms with Crippen molar-refractivity contribution in [2.45, 2.75) is 38.2 Å². The third-order valence-corrected chi connectivity index (χ3v) is 8.78. The molecule has 3 aromatic rings. The van der Waals surface area contributed by atoms with Crippen molar-refractivity contribution in [2.24, 2.45) is 0 Å². The van der Waals surface area contributed by atoms with Crippen LogP contribution in [0.4, 0.5) is 5.69 Å². The fourth-order valence-corrected chi connectivity index (χ4v) is 6.48. The number of benzene rings is 2.